The molecule has 2 aromatic heterocycles. The van der Waals surface area contributed by atoms with Gasteiger partial charge in [-0.15, -0.1) is 0 Å². The fourth-order valence-electron chi connectivity index (χ4n) is 2.22. The number of hydrogen-bond donors (Lipinski definition) is 1. The summed E-state index contributed by atoms with van der Waals surface area (Å²) in [5, 5.41) is 4.14. The lowest BCUT2D eigenvalue weighted by atomic mass is 10.3. The van der Waals surface area contributed by atoms with Crippen molar-refractivity contribution in [2.24, 2.45) is 0 Å². The second kappa shape index (κ2) is 5.93. The van der Waals surface area contributed by atoms with E-state index < -0.39 is 21.7 Å². The van der Waals surface area contributed by atoms with Crippen molar-refractivity contribution >= 4 is 15.9 Å². The largest absolute Gasteiger partial charge is 0.308 e. The van der Waals surface area contributed by atoms with E-state index >= 15 is 0 Å². The summed E-state index contributed by atoms with van der Waals surface area (Å²) in [5.74, 6) is -0.856. The maximum atomic E-state index is 13.1. The Hall–Kier alpha value is -2.94. The van der Waals surface area contributed by atoms with Gasteiger partial charge in [0, 0.05) is 12.4 Å². The molecule has 0 aliphatic rings. The summed E-state index contributed by atoms with van der Waals surface area (Å²) >= 11 is 0. The van der Waals surface area contributed by atoms with Gasteiger partial charge in [0.25, 0.3) is 5.91 Å². The topological polar surface area (TPSA) is 86.0 Å². The van der Waals surface area contributed by atoms with E-state index in [1.165, 1.54) is 35.1 Å². The van der Waals surface area contributed by atoms with Crippen LogP contribution in [0.1, 0.15) is 10.4 Å². The van der Waals surface area contributed by atoms with Crippen LogP contribution in [-0.2, 0) is 10.0 Å². The molecule has 0 aliphatic heterocycles. The van der Waals surface area contributed by atoms with Crippen LogP contribution in [0.4, 0.5) is 4.39 Å². The van der Waals surface area contributed by atoms with Crippen LogP contribution < -0.4 is 4.72 Å². The van der Waals surface area contributed by atoms with E-state index in [1.807, 2.05) is 4.72 Å². The third-order valence-corrected chi connectivity index (χ3v) is 3.74. The van der Waals surface area contributed by atoms with E-state index in [1.54, 1.807) is 29.1 Å². The number of amides is 1. The summed E-state index contributed by atoms with van der Waals surface area (Å²) in [6.45, 7) is 0. The van der Waals surface area contributed by atoms with Gasteiger partial charge < -0.3 is 4.57 Å². The lowest BCUT2D eigenvalue weighted by Gasteiger charge is -2.10. The van der Waals surface area contributed by atoms with Gasteiger partial charge in [0.2, 0.25) is 10.0 Å². The quantitative estimate of drug-likeness (QED) is 0.774. The predicted octanol–water partition coefficient (Wildman–Crippen LogP) is 1.49. The minimum Gasteiger partial charge on any atom is -0.308 e. The standard InChI is InChI=1S/C15H13FN4O3S/c1-24(22,23)18-14(21)13-10-17-20(12-6-4-11(16)5-7-12)15(13)19-8-2-3-9-19/h2-10H,1H3,(H,18,21). The van der Waals surface area contributed by atoms with Gasteiger partial charge in [-0.2, -0.15) is 5.10 Å². The summed E-state index contributed by atoms with van der Waals surface area (Å²) in [5.41, 5.74) is 0.597. The molecule has 0 radical (unpaired) electrons. The normalized spacial score (nSPS) is 11.4. The summed E-state index contributed by atoms with van der Waals surface area (Å²) < 4.78 is 40.7. The second-order valence-corrected chi connectivity index (χ2v) is 6.81. The third-order valence-electron chi connectivity index (χ3n) is 3.19. The Morgan fingerprint density at radius 2 is 1.79 bits per heavy atom. The highest BCUT2D eigenvalue weighted by molar-refractivity contribution is 7.89. The van der Waals surface area contributed by atoms with Crippen molar-refractivity contribution in [2.75, 3.05) is 6.26 Å². The molecule has 1 amide bonds. The molecule has 124 valence electrons. The zero-order chi connectivity index (χ0) is 17.3. The van der Waals surface area contributed by atoms with Gasteiger partial charge in [-0.25, -0.2) is 22.2 Å². The Labute approximate surface area is 137 Å². The second-order valence-electron chi connectivity index (χ2n) is 5.06. The van der Waals surface area contributed by atoms with E-state index in [-0.39, 0.29) is 5.56 Å². The molecule has 0 bridgehead atoms. The zero-order valence-electron chi connectivity index (χ0n) is 12.5. The van der Waals surface area contributed by atoms with Crippen LogP contribution in [0.3, 0.4) is 0 Å². The lowest BCUT2D eigenvalue weighted by molar-refractivity contribution is 0.0981. The van der Waals surface area contributed by atoms with Crippen molar-refractivity contribution < 1.29 is 17.6 Å². The first-order valence-electron chi connectivity index (χ1n) is 6.84. The van der Waals surface area contributed by atoms with Crippen molar-refractivity contribution in [3.63, 3.8) is 0 Å². The van der Waals surface area contributed by atoms with Gasteiger partial charge >= 0.3 is 0 Å². The maximum Gasteiger partial charge on any atom is 0.270 e. The van der Waals surface area contributed by atoms with Gasteiger partial charge in [0.1, 0.15) is 11.4 Å². The van der Waals surface area contributed by atoms with E-state index in [0.29, 0.717) is 11.5 Å². The summed E-state index contributed by atoms with van der Waals surface area (Å²) in [6, 6.07) is 9.06. The molecule has 3 rings (SSSR count). The predicted molar refractivity (Wildman–Crippen MR) is 85.2 cm³/mol. The van der Waals surface area contributed by atoms with E-state index in [2.05, 4.69) is 5.10 Å². The fourth-order valence-corrected chi connectivity index (χ4v) is 2.67. The highest BCUT2D eigenvalue weighted by atomic mass is 32.2. The SMILES string of the molecule is CS(=O)(=O)NC(=O)c1cnn(-c2ccc(F)cc2)c1-n1cccc1. The van der Waals surface area contributed by atoms with Crippen LogP contribution in [0.5, 0.6) is 0 Å². The Balaban J connectivity index is 2.14. The third kappa shape index (κ3) is 3.20. The average Bonchev–Trinajstić information content (AvgIpc) is 3.15. The van der Waals surface area contributed by atoms with Crippen LogP contribution in [0.15, 0.2) is 55.0 Å². The first-order chi connectivity index (χ1) is 11.3. The number of carbonyl (C=O) groups excluding carboxylic acids is 1. The Bertz CT molecular complexity index is 976. The van der Waals surface area contributed by atoms with Crippen LogP contribution in [-0.4, -0.2) is 34.9 Å². The van der Waals surface area contributed by atoms with Crippen LogP contribution in [0.2, 0.25) is 0 Å². The van der Waals surface area contributed by atoms with E-state index in [0.717, 1.165) is 6.26 Å². The number of aromatic nitrogens is 3. The molecule has 2 heterocycles. The lowest BCUT2D eigenvalue weighted by Crippen LogP contribution is -2.30. The number of benzene rings is 1. The number of halogens is 1. The van der Waals surface area contributed by atoms with E-state index in [9.17, 15) is 17.6 Å². The fraction of sp³-hybridized carbons (Fsp3) is 0.0667. The molecule has 3 aromatic rings. The van der Waals surface area contributed by atoms with Gasteiger partial charge in [0.15, 0.2) is 5.82 Å². The molecular formula is C15H13FN4O3S. The van der Waals surface area contributed by atoms with Gasteiger partial charge in [-0.1, -0.05) is 0 Å². The molecule has 0 fully saturated rings. The molecule has 9 heteroatoms. The van der Waals surface area contributed by atoms with Crippen molar-refractivity contribution in [1.82, 2.24) is 19.1 Å². The molecule has 0 saturated heterocycles. The summed E-state index contributed by atoms with van der Waals surface area (Å²) in [7, 11) is -3.71. The summed E-state index contributed by atoms with van der Waals surface area (Å²) in [4.78, 5) is 12.3. The van der Waals surface area contributed by atoms with Crippen molar-refractivity contribution in [1.29, 1.82) is 0 Å². The highest BCUT2D eigenvalue weighted by Crippen LogP contribution is 2.20. The van der Waals surface area contributed by atoms with Crippen LogP contribution in [0, 0.1) is 5.82 Å². The summed E-state index contributed by atoms with van der Waals surface area (Å²) in [6.07, 6.45) is 5.53. The maximum absolute atomic E-state index is 13.1. The van der Waals surface area contributed by atoms with Crippen molar-refractivity contribution in [3.05, 3.63) is 66.4 Å². The first kappa shape index (κ1) is 15.9. The first-order valence-corrected chi connectivity index (χ1v) is 8.74. The van der Waals surface area contributed by atoms with Gasteiger partial charge in [0.05, 0.1) is 18.1 Å². The molecule has 0 atom stereocenters. The molecule has 1 aromatic carbocycles. The molecular weight excluding hydrogens is 335 g/mol. The molecule has 0 aliphatic carbocycles. The number of nitrogens with one attached hydrogen (secondary N) is 1. The molecule has 0 spiro atoms. The van der Waals surface area contributed by atoms with Crippen molar-refractivity contribution in [2.45, 2.75) is 0 Å². The van der Waals surface area contributed by atoms with Gasteiger partial charge in [-0.3, -0.25) is 4.79 Å². The Kier molecular flexibility index (Phi) is 3.94. The number of carbonyl (C=O) groups is 1. The van der Waals surface area contributed by atoms with Crippen LogP contribution >= 0.6 is 0 Å². The van der Waals surface area contributed by atoms with Crippen LogP contribution in [0.25, 0.3) is 11.5 Å². The van der Waals surface area contributed by atoms with E-state index in [4.69, 9.17) is 0 Å². The molecule has 24 heavy (non-hydrogen) atoms. The molecule has 1 N–H and O–H groups in total. The number of rotatable bonds is 4. The number of hydrogen-bond acceptors (Lipinski definition) is 4. The molecule has 0 unspecified atom stereocenters. The Morgan fingerprint density at radius 3 is 2.38 bits per heavy atom. The molecule has 7 nitrogen and oxygen atoms in total. The minimum absolute atomic E-state index is 0.0703. The van der Waals surface area contributed by atoms with Gasteiger partial charge in [-0.05, 0) is 36.4 Å². The smallest absolute Gasteiger partial charge is 0.270 e. The average molecular weight is 348 g/mol. The molecule has 0 saturated carbocycles. The monoisotopic (exact) mass is 348 g/mol. The number of nitrogens with zero attached hydrogens (tertiary/aromatic N) is 3. The zero-order valence-corrected chi connectivity index (χ0v) is 13.4. The number of sulfonamides is 1. The Morgan fingerprint density at radius 1 is 1.17 bits per heavy atom. The van der Waals surface area contributed by atoms with Crippen molar-refractivity contribution in [3.8, 4) is 11.5 Å². The highest BCUT2D eigenvalue weighted by Gasteiger charge is 2.21. The minimum atomic E-state index is -3.71.